The molecular weight excluding hydrogens is 311 g/mol. The summed E-state index contributed by atoms with van der Waals surface area (Å²) in [7, 11) is 0. The van der Waals surface area contributed by atoms with E-state index in [0.717, 1.165) is 6.07 Å². The standard InChI is InChI=1S/C15H20F3N3O2/c1-14(2,3)23-13(22)21-7-6-20(10-21)9-11-4-5-12(19-8-11)15(16,17)18/h4-5,8H,6-7,9-10H2,1-3H3. The Balaban J connectivity index is 1.89. The normalized spacial score (nSPS) is 16.7. The molecule has 5 nitrogen and oxygen atoms in total. The second kappa shape index (κ2) is 6.35. The largest absolute Gasteiger partial charge is 0.444 e. The van der Waals surface area contributed by atoms with Crippen molar-refractivity contribution in [2.75, 3.05) is 19.8 Å². The zero-order valence-electron chi connectivity index (χ0n) is 13.4. The third-order valence-corrected chi connectivity index (χ3v) is 3.23. The number of pyridine rings is 1. The van der Waals surface area contributed by atoms with Crippen LogP contribution in [0.5, 0.6) is 0 Å². The van der Waals surface area contributed by atoms with Crippen molar-refractivity contribution in [1.29, 1.82) is 0 Å². The van der Waals surface area contributed by atoms with E-state index in [1.54, 1.807) is 25.7 Å². The first-order chi connectivity index (χ1) is 10.5. The molecular formula is C15H20F3N3O2. The minimum absolute atomic E-state index is 0.384. The van der Waals surface area contributed by atoms with Gasteiger partial charge in [0.1, 0.15) is 11.3 Å². The number of nitrogens with zero attached hydrogens (tertiary/aromatic N) is 3. The second-order valence-corrected chi connectivity index (χ2v) is 6.49. The van der Waals surface area contributed by atoms with Crippen LogP contribution in [0.4, 0.5) is 18.0 Å². The van der Waals surface area contributed by atoms with Crippen LogP contribution in [0.1, 0.15) is 32.0 Å². The smallest absolute Gasteiger partial charge is 0.433 e. The summed E-state index contributed by atoms with van der Waals surface area (Å²) in [4.78, 5) is 18.9. The first-order valence-electron chi connectivity index (χ1n) is 7.27. The summed E-state index contributed by atoms with van der Waals surface area (Å²) in [6.45, 7) is 7.38. The molecule has 0 aromatic carbocycles. The first-order valence-corrected chi connectivity index (χ1v) is 7.27. The lowest BCUT2D eigenvalue weighted by Gasteiger charge is -2.24. The Morgan fingerprint density at radius 3 is 2.48 bits per heavy atom. The molecule has 0 aliphatic carbocycles. The van der Waals surface area contributed by atoms with E-state index in [2.05, 4.69) is 4.98 Å². The van der Waals surface area contributed by atoms with Gasteiger partial charge in [0.05, 0.1) is 6.67 Å². The van der Waals surface area contributed by atoms with Crippen LogP contribution in [0.15, 0.2) is 18.3 Å². The highest BCUT2D eigenvalue weighted by molar-refractivity contribution is 5.68. The summed E-state index contributed by atoms with van der Waals surface area (Å²) in [5.41, 5.74) is -0.788. The summed E-state index contributed by atoms with van der Waals surface area (Å²) in [6, 6.07) is 2.38. The van der Waals surface area contributed by atoms with Crippen LogP contribution < -0.4 is 0 Å². The molecule has 0 spiro atoms. The maximum atomic E-state index is 12.5. The van der Waals surface area contributed by atoms with E-state index in [-0.39, 0.29) is 6.09 Å². The quantitative estimate of drug-likeness (QED) is 0.835. The monoisotopic (exact) mass is 331 g/mol. The van der Waals surface area contributed by atoms with Gasteiger partial charge in [-0.3, -0.25) is 14.8 Å². The van der Waals surface area contributed by atoms with E-state index in [9.17, 15) is 18.0 Å². The van der Waals surface area contributed by atoms with E-state index in [1.165, 1.54) is 12.3 Å². The highest BCUT2D eigenvalue weighted by Gasteiger charge is 2.32. The van der Waals surface area contributed by atoms with Crippen molar-refractivity contribution in [3.05, 3.63) is 29.6 Å². The van der Waals surface area contributed by atoms with Gasteiger partial charge < -0.3 is 4.74 Å². The average molecular weight is 331 g/mol. The minimum Gasteiger partial charge on any atom is -0.444 e. The molecule has 0 unspecified atom stereocenters. The molecule has 0 radical (unpaired) electrons. The van der Waals surface area contributed by atoms with Crippen LogP contribution in [0.25, 0.3) is 0 Å². The molecule has 1 aromatic heterocycles. The molecule has 8 heteroatoms. The van der Waals surface area contributed by atoms with Gasteiger partial charge in [-0.25, -0.2) is 4.79 Å². The predicted octanol–water partition coefficient (Wildman–Crippen LogP) is 3.11. The Bertz CT molecular complexity index is 553. The summed E-state index contributed by atoms with van der Waals surface area (Å²) in [5.74, 6) is 0. The highest BCUT2D eigenvalue weighted by Crippen LogP contribution is 2.27. The molecule has 1 aliphatic rings. The summed E-state index contributed by atoms with van der Waals surface area (Å²) >= 11 is 0. The zero-order chi connectivity index (χ0) is 17.3. The molecule has 1 saturated heterocycles. The number of aromatic nitrogens is 1. The van der Waals surface area contributed by atoms with Crippen molar-refractivity contribution in [2.45, 2.75) is 39.1 Å². The third-order valence-electron chi connectivity index (χ3n) is 3.23. The Labute approximate surface area is 133 Å². The molecule has 0 saturated carbocycles. The summed E-state index contributed by atoms with van der Waals surface area (Å²) < 4.78 is 42.7. The number of carbonyl (C=O) groups excluding carboxylic acids is 1. The maximum Gasteiger partial charge on any atom is 0.433 e. The van der Waals surface area contributed by atoms with E-state index in [0.29, 0.717) is 31.9 Å². The van der Waals surface area contributed by atoms with Gasteiger partial charge in [-0.1, -0.05) is 6.07 Å². The fourth-order valence-corrected chi connectivity index (χ4v) is 2.19. The van der Waals surface area contributed by atoms with Crippen molar-refractivity contribution in [1.82, 2.24) is 14.8 Å². The van der Waals surface area contributed by atoms with Gasteiger partial charge in [-0.2, -0.15) is 13.2 Å². The maximum absolute atomic E-state index is 12.5. The molecule has 0 N–H and O–H groups in total. The molecule has 1 amide bonds. The number of amides is 1. The van der Waals surface area contributed by atoms with Crippen LogP contribution >= 0.6 is 0 Å². The zero-order valence-corrected chi connectivity index (χ0v) is 13.4. The van der Waals surface area contributed by atoms with Gasteiger partial charge in [0.2, 0.25) is 0 Å². The van der Waals surface area contributed by atoms with Crippen molar-refractivity contribution in [3.63, 3.8) is 0 Å². The van der Waals surface area contributed by atoms with Crippen LogP contribution in [0.3, 0.4) is 0 Å². The fraction of sp³-hybridized carbons (Fsp3) is 0.600. The predicted molar refractivity (Wildman–Crippen MR) is 77.5 cm³/mol. The van der Waals surface area contributed by atoms with E-state index in [4.69, 9.17) is 4.74 Å². The Morgan fingerprint density at radius 2 is 1.96 bits per heavy atom. The second-order valence-electron chi connectivity index (χ2n) is 6.49. The molecule has 128 valence electrons. The molecule has 0 atom stereocenters. The third kappa shape index (κ3) is 5.09. The van der Waals surface area contributed by atoms with Crippen molar-refractivity contribution in [3.8, 4) is 0 Å². The summed E-state index contributed by atoms with van der Waals surface area (Å²) in [6.07, 6.45) is -3.59. The molecule has 0 bridgehead atoms. The summed E-state index contributed by atoms with van der Waals surface area (Å²) in [5, 5.41) is 0. The van der Waals surface area contributed by atoms with Gasteiger partial charge in [0.15, 0.2) is 0 Å². The SMILES string of the molecule is CC(C)(C)OC(=O)N1CCN(Cc2ccc(C(F)(F)F)nc2)C1. The van der Waals surface area contributed by atoms with Crippen molar-refractivity contribution in [2.24, 2.45) is 0 Å². The van der Waals surface area contributed by atoms with Gasteiger partial charge in [0, 0.05) is 25.8 Å². The van der Waals surface area contributed by atoms with Crippen LogP contribution in [-0.4, -0.2) is 46.2 Å². The van der Waals surface area contributed by atoms with Crippen molar-refractivity contribution < 1.29 is 22.7 Å². The van der Waals surface area contributed by atoms with Crippen LogP contribution in [-0.2, 0) is 17.5 Å². The van der Waals surface area contributed by atoms with Crippen LogP contribution in [0.2, 0.25) is 0 Å². The molecule has 1 aromatic rings. The number of alkyl halides is 3. The lowest BCUT2D eigenvalue weighted by Crippen LogP contribution is -2.36. The van der Waals surface area contributed by atoms with E-state index < -0.39 is 17.5 Å². The molecule has 1 fully saturated rings. The van der Waals surface area contributed by atoms with Gasteiger partial charge >= 0.3 is 12.3 Å². The van der Waals surface area contributed by atoms with Gasteiger partial charge in [0.25, 0.3) is 0 Å². The van der Waals surface area contributed by atoms with Gasteiger partial charge in [-0.05, 0) is 32.4 Å². The Kier molecular flexibility index (Phi) is 4.84. The molecule has 1 aliphatic heterocycles. The first kappa shape index (κ1) is 17.5. The Morgan fingerprint density at radius 1 is 1.26 bits per heavy atom. The minimum atomic E-state index is -4.43. The average Bonchev–Trinajstić information content (AvgIpc) is 2.85. The molecule has 23 heavy (non-hydrogen) atoms. The van der Waals surface area contributed by atoms with Gasteiger partial charge in [-0.15, -0.1) is 0 Å². The number of halogens is 3. The van der Waals surface area contributed by atoms with Crippen molar-refractivity contribution >= 4 is 6.09 Å². The lowest BCUT2D eigenvalue weighted by atomic mass is 10.2. The van der Waals surface area contributed by atoms with E-state index in [1.807, 2.05) is 4.90 Å². The molecule has 2 heterocycles. The number of hydrogen-bond donors (Lipinski definition) is 0. The highest BCUT2D eigenvalue weighted by atomic mass is 19.4. The number of carbonyl (C=O) groups is 1. The number of ether oxygens (including phenoxy) is 1. The topological polar surface area (TPSA) is 45.7 Å². The fourth-order valence-electron chi connectivity index (χ4n) is 2.19. The Hall–Kier alpha value is -1.83. The van der Waals surface area contributed by atoms with Crippen LogP contribution in [0, 0.1) is 0 Å². The lowest BCUT2D eigenvalue weighted by molar-refractivity contribution is -0.141. The molecule has 2 rings (SSSR count). The number of rotatable bonds is 2. The number of hydrogen-bond acceptors (Lipinski definition) is 4. The van der Waals surface area contributed by atoms with E-state index >= 15 is 0 Å².